The van der Waals surface area contributed by atoms with Gasteiger partial charge in [-0.1, -0.05) is 12.1 Å². The summed E-state index contributed by atoms with van der Waals surface area (Å²) in [4.78, 5) is 17.7. The van der Waals surface area contributed by atoms with E-state index >= 15 is 0 Å². The molecule has 1 aromatic rings. The average Bonchev–Trinajstić information content (AvgIpc) is 2.91. The van der Waals surface area contributed by atoms with Crippen molar-refractivity contribution in [2.24, 2.45) is 5.73 Å². The molecule has 20 heavy (non-hydrogen) atoms. The Morgan fingerprint density at radius 2 is 2.50 bits per heavy atom. The zero-order chi connectivity index (χ0) is 14.4. The van der Waals surface area contributed by atoms with Gasteiger partial charge < -0.3 is 10.6 Å². The maximum atomic E-state index is 12.4. The molecule has 1 aliphatic heterocycles. The number of hydrogen-bond acceptors (Lipinski definition) is 4. The van der Waals surface area contributed by atoms with Gasteiger partial charge in [-0.2, -0.15) is 0 Å². The number of amides is 1. The number of hydrogen-bond donors (Lipinski definition) is 1. The number of carbonyl (C=O) groups is 1. The van der Waals surface area contributed by atoms with E-state index in [0.717, 1.165) is 25.9 Å². The van der Waals surface area contributed by atoms with Gasteiger partial charge in [-0.3, -0.25) is 9.69 Å². The number of nitrogens with zero attached hydrogens (tertiary/aromatic N) is 2. The molecule has 110 valence electrons. The number of rotatable bonds is 6. The quantitative estimate of drug-likeness (QED) is 0.812. The van der Waals surface area contributed by atoms with E-state index in [9.17, 15) is 4.79 Å². The lowest BCUT2D eigenvalue weighted by Gasteiger charge is -2.32. The molecule has 0 unspecified atom stereocenters. The molecular weight excluding hydrogens is 270 g/mol. The van der Waals surface area contributed by atoms with Crippen LogP contribution in [0.4, 0.5) is 0 Å². The summed E-state index contributed by atoms with van der Waals surface area (Å²) in [5, 5.41) is 2.04. The molecule has 0 radical (unpaired) electrons. The van der Waals surface area contributed by atoms with Crippen molar-refractivity contribution in [2.75, 3.05) is 26.2 Å². The first-order valence-electron chi connectivity index (χ1n) is 7.08. The zero-order valence-electron chi connectivity index (χ0n) is 11.8. The molecule has 0 aliphatic carbocycles. The normalized spacial score (nSPS) is 19.8. The highest BCUT2D eigenvalue weighted by molar-refractivity contribution is 7.09. The fraction of sp³-hybridized carbons (Fsp3) is 0.533. The Balaban J connectivity index is 1.90. The second-order valence-corrected chi connectivity index (χ2v) is 6.31. The Kier molecular flexibility index (Phi) is 5.76. The molecule has 0 saturated carbocycles. The van der Waals surface area contributed by atoms with E-state index in [1.165, 1.54) is 4.88 Å². The third kappa shape index (κ3) is 4.44. The van der Waals surface area contributed by atoms with Crippen molar-refractivity contribution in [3.05, 3.63) is 35.0 Å². The highest BCUT2D eigenvalue weighted by atomic mass is 32.1. The van der Waals surface area contributed by atoms with Crippen LogP contribution in [0, 0.1) is 0 Å². The lowest BCUT2D eigenvalue weighted by molar-refractivity contribution is -0.132. The molecular formula is C15H23N3OS. The van der Waals surface area contributed by atoms with Crippen molar-refractivity contribution in [3.63, 3.8) is 0 Å². The maximum Gasteiger partial charge on any atom is 0.237 e. The minimum atomic E-state index is 0.160. The molecule has 2 rings (SSSR count). The van der Waals surface area contributed by atoms with Crippen LogP contribution in [0.1, 0.15) is 17.7 Å². The first kappa shape index (κ1) is 15.2. The minimum Gasteiger partial charge on any atom is -0.333 e. The lowest BCUT2D eigenvalue weighted by atomic mass is 10.1. The Bertz CT molecular complexity index is 432. The van der Waals surface area contributed by atoms with Crippen molar-refractivity contribution in [1.29, 1.82) is 0 Å². The van der Waals surface area contributed by atoms with Crippen LogP contribution in [0.5, 0.6) is 0 Å². The third-order valence-electron chi connectivity index (χ3n) is 3.53. The number of nitrogens with two attached hydrogens (primary N) is 1. The largest absolute Gasteiger partial charge is 0.333 e. The van der Waals surface area contributed by atoms with E-state index < -0.39 is 0 Å². The van der Waals surface area contributed by atoms with Crippen LogP contribution in [-0.4, -0.2) is 47.9 Å². The van der Waals surface area contributed by atoms with E-state index in [4.69, 9.17) is 5.73 Å². The zero-order valence-corrected chi connectivity index (χ0v) is 12.6. The first-order valence-corrected chi connectivity index (χ1v) is 7.96. The molecule has 1 aromatic heterocycles. The molecule has 1 aliphatic rings. The fourth-order valence-corrected chi connectivity index (χ4v) is 3.25. The predicted octanol–water partition coefficient (Wildman–Crippen LogP) is 1.69. The predicted molar refractivity (Wildman–Crippen MR) is 83.6 cm³/mol. The van der Waals surface area contributed by atoms with E-state index in [2.05, 4.69) is 17.5 Å². The Morgan fingerprint density at radius 1 is 1.65 bits per heavy atom. The van der Waals surface area contributed by atoms with E-state index in [-0.39, 0.29) is 11.9 Å². The molecule has 0 aromatic carbocycles. The molecule has 1 fully saturated rings. The van der Waals surface area contributed by atoms with Gasteiger partial charge in [-0.25, -0.2) is 0 Å². The van der Waals surface area contributed by atoms with Crippen molar-refractivity contribution < 1.29 is 4.79 Å². The second-order valence-electron chi connectivity index (χ2n) is 5.28. The van der Waals surface area contributed by atoms with E-state index in [0.29, 0.717) is 19.6 Å². The van der Waals surface area contributed by atoms with Crippen LogP contribution in [0.2, 0.25) is 0 Å². The molecule has 1 saturated heterocycles. The number of piperidine rings is 1. The molecule has 1 atom stereocenters. The fourth-order valence-electron chi connectivity index (χ4n) is 2.53. The van der Waals surface area contributed by atoms with Gasteiger partial charge in [0.2, 0.25) is 5.91 Å². The second kappa shape index (κ2) is 7.57. The van der Waals surface area contributed by atoms with Crippen molar-refractivity contribution in [3.8, 4) is 0 Å². The van der Waals surface area contributed by atoms with Gasteiger partial charge in [0.05, 0.1) is 13.1 Å². The maximum absolute atomic E-state index is 12.4. The van der Waals surface area contributed by atoms with Crippen LogP contribution < -0.4 is 5.73 Å². The Morgan fingerprint density at radius 3 is 3.15 bits per heavy atom. The molecule has 2 N–H and O–H groups in total. The molecule has 0 spiro atoms. The van der Waals surface area contributed by atoms with E-state index in [1.54, 1.807) is 17.4 Å². The molecule has 0 bridgehead atoms. The van der Waals surface area contributed by atoms with Crippen LogP contribution in [-0.2, 0) is 11.3 Å². The summed E-state index contributed by atoms with van der Waals surface area (Å²) in [5.74, 6) is 0.160. The summed E-state index contributed by atoms with van der Waals surface area (Å²) in [6.07, 6.45) is 3.94. The summed E-state index contributed by atoms with van der Waals surface area (Å²) in [7, 11) is 0. The summed E-state index contributed by atoms with van der Waals surface area (Å²) >= 11 is 1.68. The molecule has 1 amide bonds. The van der Waals surface area contributed by atoms with Gasteiger partial charge in [0.25, 0.3) is 0 Å². The lowest BCUT2D eigenvalue weighted by Crippen LogP contribution is -2.47. The smallest absolute Gasteiger partial charge is 0.237 e. The van der Waals surface area contributed by atoms with Gasteiger partial charge in [-0.15, -0.1) is 17.9 Å². The third-order valence-corrected chi connectivity index (χ3v) is 4.39. The standard InChI is InChI=1S/C15H23N3OS/c1-2-7-18(11-14-6-4-9-20-14)15(19)12-17-8-3-5-13(16)10-17/h2,4,6,9,13H,1,3,5,7-8,10-12,16H2/t13-/m1/s1. The average molecular weight is 293 g/mol. The van der Waals surface area contributed by atoms with Crippen LogP contribution >= 0.6 is 11.3 Å². The molecule has 2 heterocycles. The number of likely N-dealkylation sites (tertiary alicyclic amines) is 1. The SMILES string of the molecule is C=CCN(Cc1cccs1)C(=O)CN1CCC[C@@H](N)C1. The van der Waals surface area contributed by atoms with Crippen LogP contribution in [0.25, 0.3) is 0 Å². The first-order chi connectivity index (χ1) is 9.69. The van der Waals surface area contributed by atoms with Crippen molar-refractivity contribution in [2.45, 2.75) is 25.4 Å². The van der Waals surface area contributed by atoms with Gasteiger partial charge in [0.15, 0.2) is 0 Å². The monoisotopic (exact) mass is 293 g/mol. The highest BCUT2D eigenvalue weighted by Gasteiger charge is 2.21. The van der Waals surface area contributed by atoms with Crippen molar-refractivity contribution >= 4 is 17.2 Å². The van der Waals surface area contributed by atoms with Gasteiger partial charge in [-0.05, 0) is 30.8 Å². The van der Waals surface area contributed by atoms with Gasteiger partial charge in [0.1, 0.15) is 0 Å². The van der Waals surface area contributed by atoms with Crippen molar-refractivity contribution in [1.82, 2.24) is 9.80 Å². The summed E-state index contributed by atoms with van der Waals surface area (Å²) in [6, 6.07) is 4.28. The Hall–Kier alpha value is -1.17. The van der Waals surface area contributed by atoms with Gasteiger partial charge in [0, 0.05) is 24.0 Å². The number of thiophene rings is 1. The molecule has 4 nitrogen and oxygen atoms in total. The number of carbonyl (C=O) groups excluding carboxylic acids is 1. The van der Waals surface area contributed by atoms with Crippen LogP contribution in [0.3, 0.4) is 0 Å². The Labute approximate surface area is 124 Å². The minimum absolute atomic E-state index is 0.160. The van der Waals surface area contributed by atoms with E-state index in [1.807, 2.05) is 16.3 Å². The van der Waals surface area contributed by atoms with Gasteiger partial charge >= 0.3 is 0 Å². The summed E-state index contributed by atoms with van der Waals surface area (Å²) in [6.45, 7) is 7.27. The summed E-state index contributed by atoms with van der Waals surface area (Å²) in [5.41, 5.74) is 5.96. The highest BCUT2D eigenvalue weighted by Crippen LogP contribution is 2.13. The summed E-state index contributed by atoms with van der Waals surface area (Å²) < 4.78 is 0. The molecule has 5 heteroatoms. The topological polar surface area (TPSA) is 49.6 Å². The van der Waals surface area contributed by atoms with Crippen LogP contribution in [0.15, 0.2) is 30.2 Å².